The Hall–Kier alpha value is -3.40. The summed E-state index contributed by atoms with van der Waals surface area (Å²) in [5.74, 6) is 0.784. The molecule has 0 N–H and O–H groups in total. The number of nitrogens with zero attached hydrogens (tertiary/aromatic N) is 2. The Morgan fingerprint density at radius 3 is 2.31 bits per heavy atom. The molecule has 26 heavy (non-hydrogen) atoms. The second-order valence-corrected chi connectivity index (χ2v) is 6.00. The molecule has 0 unspecified atom stereocenters. The first-order chi connectivity index (χ1) is 12.8. The molecule has 0 aliphatic heterocycles. The molecule has 3 aromatic carbocycles. The van der Waals surface area contributed by atoms with E-state index in [2.05, 4.69) is 17.1 Å². The summed E-state index contributed by atoms with van der Waals surface area (Å²) in [6.07, 6.45) is 1.58. The molecule has 0 fully saturated rings. The van der Waals surface area contributed by atoms with Gasteiger partial charge >= 0.3 is 0 Å². The van der Waals surface area contributed by atoms with E-state index in [1.807, 2.05) is 60.7 Å². The molecule has 0 radical (unpaired) electrons. The quantitative estimate of drug-likeness (QED) is 0.547. The van der Waals surface area contributed by atoms with Gasteiger partial charge in [0, 0.05) is 0 Å². The van der Waals surface area contributed by atoms with Crippen molar-refractivity contribution in [1.29, 1.82) is 0 Å². The van der Waals surface area contributed by atoms with Crippen molar-refractivity contribution < 1.29 is 4.74 Å². The van der Waals surface area contributed by atoms with Crippen LogP contribution < -0.4 is 10.3 Å². The average Bonchev–Trinajstić information content (AvgIpc) is 2.71. The third-order valence-electron chi connectivity index (χ3n) is 4.29. The van der Waals surface area contributed by atoms with Crippen molar-refractivity contribution in [3.05, 3.63) is 95.5 Å². The Balaban J connectivity index is 1.42. The van der Waals surface area contributed by atoms with Gasteiger partial charge in [0.1, 0.15) is 12.4 Å². The van der Waals surface area contributed by atoms with Crippen molar-refractivity contribution in [2.45, 2.75) is 6.54 Å². The van der Waals surface area contributed by atoms with Gasteiger partial charge in [0.2, 0.25) is 0 Å². The van der Waals surface area contributed by atoms with Crippen LogP contribution in [0.15, 0.2) is 90.0 Å². The highest BCUT2D eigenvalue weighted by atomic mass is 16.5. The standard InChI is InChI=1S/C22H18N2O2/c25-22-20-8-4-5-9-21(20)23-16-24(22)14-15-26-19-12-10-18(11-13-19)17-6-2-1-3-7-17/h1-13,16H,14-15H2. The number of aromatic nitrogens is 2. The predicted molar refractivity (Wildman–Crippen MR) is 103 cm³/mol. The van der Waals surface area contributed by atoms with Crippen molar-refractivity contribution in [3.63, 3.8) is 0 Å². The zero-order chi connectivity index (χ0) is 17.8. The maximum Gasteiger partial charge on any atom is 0.261 e. The summed E-state index contributed by atoms with van der Waals surface area (Å²) in [7, 11) is 0. The molecule has 0 saturated carbocycles. The molecule has 0 bridgehead atoms. The van der Waals surface area contributed by atoms with Gasteiger partial charge in [0.15, 0.2) is 0 Å². The third kappa shape index (κ3) is 3.35. The number of hydrogen-bond donors (Lipinski definition) is 0. The summed E-state index contributed by atoms with van der Waals surface area (Å²) in [4.78, 5) is 16.8. The zero-order valence-electron chi connectivity index (χ0n) is 14.2. The van der Waals surface area contributed by atoms with Crippen LogP contribution in [0.4, 0.5) is 0 Å². The van der Waals surface area contributed by atoms with Gasteiger partial charge in [0.05, 0.1) is 23.8 Å². The van der Waals surface area contributed by atoms with E-state index in [1.165, 1.54) is 5.56 Å². The monoisotopic (exact) mass is 342 g/mol. The molecule has 4 rings (SSSR count). The first kappa shape index (κ1) is 16.1. The van der Waals surface area contributed by atoms with Gasteiger partial charge in [0.25, 0.3) is 5.56 Å². The normalized spacial score (nSPS) is 10.8. The van der Waals surface area contributed by atoms with Crippen LogP contribution in [0.1, 0.15) is 0 Å². The molecule has 1 aromatic heterocycles. The molecular weight excluding hydrogens is 324 g/mol. The number of benzene rings is 3. The van der Waals surface area contributed by atoms with Crippen LogP contribution >= 0.6 is 0 Å². The molecular formula is C22H18N2O2. The Morgan fingerprint density at radius 2 is 1.50 bits per heavy atom. The maximum absolute atomic E-state index is 12.4. The minimum atomic E-state index is -0.0429. The van der Waals surface area contributed by atoms with Crippen LogP contribution in [0, 0.1) is 0 Å². The number of ether oxygens (including phenoxy) is 1. The van der Waals surface area contributed by atoms with E-state index >= 15 is 0 Å². The third-order valence-corrected chi connectivity index (χ3v) is 4.29. The highest BCUT2D eigenvalue weighted by molar-refractivity contribution is 5.76. The van der Waals surface area contributed by atoms with Crippen LogP contribution in [0.3, 0.4) is 0 Å². The Bertz CT molecular complexity index is 1070. The highest BCUT2D eigenvalue weighted by Crippen LogP contribution is 2.22. The van der Waals surface area contributed by atoms with E-state index in [-0.39, 0.29) is 5.56 Å². The van der Waals surface area contributed by atoms with E-state index in [0.29, 0.717) is 24.1 Å². The fraction of sp³-hybridized carbons (Fsp3) is 0.0909. The van der Waals surface area contributed by atoms with Crippen molar-refractivity contribution in [2.75, 3.05) is 6.61 Å². The molecule has 4 heteroatoms. The fourth-order valence-electron chi connectivity index (χ4n) is 2.90. The largest absolute Gasteiger partial charge is 0.492 e. The molecule has 0 atom stereocenters. The summed E-state index contributed by atoms with van der Waals surface area (Å²) >= 11 is 0. The molecule has 0 spiro atoms. The highest BCUT2D eigenvalue weighted by Gasteiger charge is 2.04. The van der Waals surface area contributed by atoms with Gasteiger partial charge in [-0.15, -0.1) is 0 Å². The number of para-hydroxylation sites is 1. The second-order valence-electron chi connectivity index (χ2n) is 6.00. The molecule has 4 aromatic rings. The Morgan fingerprint density at radius 1 is 0.808 bits per heavy atom. The smallest absolute Gasteiger partial charge is 0.261 e. The number of fused-ring (bicyclic) bond motifs is 1. The lowest BCUT2D eigenvalue weighted by Gasteiger charge is -2.09. The number of rotatable bonds is 5. The van der Waals surface area contributed by atoms with E-state index in [4.69, 9.17) is 4.74 Å². The lowest BCUT2D eigenvalue weighted by atomic mass is 10.1. The summed E-state index contributed by atoms with van der Waals surface area (Å²) in [5, 5.41) is 0.627. The first-order valence-electron chi connectivity index (χ1n) is 8.54. The summed E-state index contributed by atoms with van der Waals surface area (Å²) in [6.45, 7) is 0.863. The fourth-order valence-corrected chi connectivity index (χ4v) is 2.90. The molecule has 0 aliphatic carbocycles. The van der Waals surface area contributed by atoms with Crippen molar-refractivity contribution in [2.24, 2.45) is 0 Å². The van der Waals surface area contributed by atoms with Gasteiger partial charge < -0.3 is 4.74 Å². The van der Waals surface area contributed by atoms with Gasteiger partial charge in [-0.05, 0) is 35.4 Å². The molecule has 4 nitrogen and oxygen atoms in total. The van der Waals surface area contributed by atoms with E-state index in [1.54, 1.807) is 17.0 Å². The van der Waals surface area contributed by atoms with Gasteiger partial charge in [-0.1, -0.05) is 54.6 Å². The molecule has 0 saturated heterocycles. The van der Waals surface area contributed by atoms with Crippen LogP contribution in [0.5, 0.6) is 5.75 Å². The van der Waals surface area contributed by atoms with E-state index in [0.717, 1.165) is 11.3 Å². The van der Waals surface area contributed by atoms with Crippen LogP contribution in [-0.4, -0.2) is 16.2 Å². The lowest BCUT2D eigenvalue weighted by molar-refractivity contribution is 0.296. The maximum atomic E-state index is 12.4. The van der Waals surface area contributed by atoms with E-state index in [9.17, 15) is 4.79 Å². The summed E-state index contributed by atoms with van der Waals surface area (Å²) in [6, 6.07) is 25.5. The Kier molecular flexibility index (Phi) is 4.48. The van der Waals surface area contributed by atoms with Gasteiger partial charge in [-0.25, -0.2) is 4.98 Å². The molecule has 128 valence electrons. The molecule has 0 aliphatic rings. The topological polar surface area (TPSA) is 44.1 Å². The number of hydrogen-bond acceptors (Lipinski definition) is 3. The van der Waals surface area contributed by atoms with Crippen molar-refractivity contribution >= 4 is 10.9 Å². The minimum Gasteiger partial charge on any atom is -0.492 e. The molecule has 1 heterocycles. The van der Waals surface area contributed by atoms with Crippen LogP contribution in [-0.2, 0) is 6.54 Å². The predicted octanol–water partition coefficient (Wildman–Crippen LogP) is 4.14. The molecule has 0 amide bonds. The SMILES string of the molecule is O=c1c2ccccc2ncn1CCOc1ccc(-c2ccccc2)cc1. The average molecular weight is 342 g/mol. The lowest BCUT2D eigenvalue weighted by Crippen LogP contribution is -2.23. The Labute approximate surface area is 151 Å². The van der Waals surface area contributed by atoms with Crippen LogP contribution in [0.25, 0.3) is 22.0 Å². The van der Waals surface area contributed by atoms with Gasteiger partial charge in [-0.3, -0.25) is 9.36 Å². The van der Waals surface area contributed by atoms with E-state index < -0.39 is 0 Å². The summed E-state index contributed by atoms with van der Waals surface area (Å²) in [5.41, 5.74) is 2.99. The second kappa shape index (κ2) is 7.23. The van der Waals surface area contributed by atoms with Crippen molar-refractivity contribution in [3.8, 4) is 16.9 Å². The zero-order valence-corrected chi connectivity index (χ0v) is 14.2. The van der Waals surface area contributed by atoms with Gasteiger partial charge in [-0.2, -0.15) is 0 Å². The van der Waals surface area contributed by atoms with Crippen LogP contribution in [0.2, 0.25) is 0 Å². The summed E-state index contributed by atoms with van der Waals surface area (Å²) < 4.78 is 7.36. The minimum absolute atomic E-state index is 0.0429. The first-order valence-corrected chi connectivity index (χ1v) is 8.54. The van der Waals surface area contributed by atoms with Crippen molar-refractivity contribution in [1.82, 2.24) is 9.55 Å².